The smallest absolute Gasteiger partial charge is 0.234 e. The maximum absolute atomic E-state index is 12.7. The highest BCUT2D eigenvalue weighted by Gasteiger charge is 2.24. The number of aromatic amines is 1. The third-order valence-corrected chi connectivity index (χ3v) is 7.85. The second-order valence-corrected chi connectivity index (χ2v) is 10.8. The zero-order valence-electron chi connectivity index (χ0n) is 21.7. The van der Waals surface area contributed by atoms with Crippen molar-refractivity contribution in [3.63, 3.8) is 0 Å². The van der Waals surface area contributed by atoms with Crippen LogP contribution in [-0.4, -0.2) is 82.0 Å². The number of anilines is 1. The molecule has 0 aromatic carbocycles. The Hall–Kier alpha value is -2.68. The average molecular weight is 524 g/mol. The third-order valence-electron chi connectivity index (χ3n) is 7.66. The van der Waals surface area contributed by atoms with Gasteiger partial charge in [-0.25, -0.2) is 9.97 Å². The second-order valence-electron chi connectivity index (χ2n) is 10.4. The molecule has 1 saturated carbocycles. The quantitative estimate of drug-likeness (QED) is 0.357. The van der Waals surface area contributed by atoms with Crippen molar-refractivity contribution in [1.82, 2.24) is 30.1 Å². The van der Waals surface area contributed by atoms with Gasteiger partial charge in [0, 0.05) is 61.6 Å². The van der Waals surface area contributed by atoms with Gasteiger partial charge in [-0.05, 0) is 68.5 Å². The van der Waals surface area contributed by atoms with E-state index in [2.05, 4.69) is 54.4 Å². The number of unbranched alkanes of at least 4 members (excludes halogenated alkanes) is 1. The minimum absolute atomic E-state index is 0.160. The number of carbonyl (C=O) groups excluding carboxylic acids is 1. The first-order chi connectivity index (χ1) is 18.1. The first-order valence-electron chi connectivity index (χ1n) is 13.7. The molecule has 198 valence electrons. The summed E-state index contributed by atoms with van der Waals surface area (Å²) in [5, 5.41) is 8.39. The van der Waals surface area contributed by atoms with E-state index in [0.717, 1.165) is 79.8 Å². The SMILES string of the molecule is CCCCN1CCN(CC(=O)NC2CCC(Nc3cc(-c4c[nH]c5ncccc45)cc(Cl)n3)CC2)CC1. The third kappa shape index (κ3) is 6.80. The number of halogens is 1. The van der Waals surface area contributed by atoms with Crippen molar-refractivity contribution in [3.8, 4) is 11.1 Å². The van der Waals surface area contributed by atoms with E-state index in [1.165, 1.54) is 19.4 Å². The molecule has 2 aliphatic rings. The monoisotopic (exact) mass is 523 g/mol. The lowest BCUT2D eigenvalue weighted by Crippen LogP contribution is -2.51. The summed E-state index contributed by atoms with van der Waals surface area (Å²) >= 11 is 6.40. The number of amides is 1. The van der Waals surface area contributed by atoms with Gasteiger partial charge in [0.2, 0.25) is 5.91 Å². The van der Waals surface area contributed by atoms with Crippen LogP contribution in [-0.2, 0) is 4.79 Å². The van der Waals surface area contributed by atoms with Crippen molar-refractivity contribution in [2.75, 3.05) is 44.6 Å². The van der Waals surface area contributed by atoms with Crippen LogP contribution in [0.1, 0.15) is 45.4 Å². The molecule has 1 aliphatic heterocycles. The van der Waals surface area contributed by atoms with Crippen LogP contribution in [0.2, 0.25) is 5.15 Å². The average Bonchev–Trinajstić information content (AvgIpc) is 3.33. The van der Waals surface area contributed by atoms with Crippen LogP contribution in [0.15, 0.2) is 36.7 Å². The summed E-state index contributed by atoms with van der Waals surface area (Å²) in [6, 6.07) is 8.49. The molecular weight excluding hydrogens is 486 g/mol. The number of pyridine rings is 2. The summed E-state index contributed by atoms with van der Waals surface area (Å²) in [4.78, 5) is 29.6. The van der Waals surface area contributed by atoms with E-state index in [4.69, 9.17) is 11.6 Å². The molecule has 37 heavy (non-hydrogen) atoms. The van der Waals surface area contributed by atoms with Gasteiger partial charge < -0.3 is 20.5 Å². The van der Waals surface area contributed by atoms with E-state index in [1.807, 2.05) is 18.3 Å². The minimum atomic E-state index is 0.160. The summed E-state index contributed by atoms with van der Waals surface area (Å²) in [5.74, 6) is 0.944. The summed E-state index contributed by atoms with van der Waals surface area (Å²) < 4.78 is 0. The van der Waals surface area contributed by atoms with Crippen molar-refractivity contribution in [2.24, 2.45) is 0 Å². The van der Waals surface area contributed by atoms with E-state index in [9.17, 15) is 4.79 Å². The first-order valence-corrected chi connectivity index (χ1v) is 14.1. The molecule has 8 nitrogen and oxygen atoms in total. The topological polar surface area (TPSA) is 89.2 Å². The molecule has 3 N–H and O–H groups in total. The van der Waals surface area contributed by atoms with Gasteiger partial charge in [-0.3, -0.25) is 9.69 Å². The molecule has 0 atom stereocenters. The lowest BCUT2D eigenvalue weighted by atomic mass is 9.91. The van der Waals surface area contributed by atoms with Gasteiger partial charge in [-0.15, -0.1) is 0 Å². The second kappa shape index (κ2) is 12.2. The number of hydrogen-bond acceptors (Lipinski definition) is 6. The Morgan fingerprint density at radius 2 is 1.86 bits per heavy atom. The van der Waals surface area contributed by atoms with Crippen LogP contribution in [0.25, 0.3) is 22.2 Å². The summed E-state index contributed by atoms with van der Waals surface area (Å²) in [5.41, 5.74) is 2.92. The number of aromatic nitrogens is 3. The number of H-pyrrole nitrogens is 1. The van der Waals surface area contributed by atoms with E-state index in [-0.39, 0.29) is 11.9 Å². The molecule has 0 unspecified atom stereocenters. The predicted molar refractivity (Wildman–Crippen MR) is 150 cm³/mol. The molecule has 0 radical (unpaired) electrons. The molecule has 3 aromatic heterocycles. The Balaban J connectivity index is 1.09. The highest BCUT2D eigenvalue weighted by Crippen LogP contribution is 2.31. The van der Waals surface area contributed by atoms with Crippen LogP contribution in [0.3, 0.4) is 0 Å². The zero-order valence-corrected chi connectivity index (χ0v) is 22.4. The van der Waals surface area contributed by atoms with Crippen LogP contribution in [0.4, 0.5) is 5.82 Å². The van der Waals surface area contributed by atoms with Crippen molar-refractivity contribution in [3.05, 3.63) is 41.8 Å². The van der Waals surface area contributed by atoms with E-state index in [1.54, 1.807) is 6.20 Å². The summed E-state index contributed by atoms with van der Waals surface area (Å²) in [7, 11) is 0. The van der Waals surface area contributed by atoms with Gasteiger partial charge in [-0.2, -0.15) is 0 Å². The van der Waals surface area contributed by atoms with E-state index in [0.29, 0.717) is 17.7 Å². The molecule has 2 fully saturated rings. The van der Waals surface area contributed by atoms with Crippen LogP contribution in [0.5, 0.6) is 0 Å². The standard InChI is InChI=1S/C28H38ClN7O/c1-2-3-11-35-12-14-36(15-13-35)19-27(37)33-22-8-6-21(7-9-22)32-26-17-20(16-25(29)34-26)24-18-31-28-23(24)5-4-10-30-28/h4-5,10,16-18,21-22H,2-3,6-9,11-15,19H2,1H3,(H,30,31)(H,32,34)(H,33,37). The van der Waals surface area contributed by atoms with Gasteiger partial charge in [0.05, 0.1) is 6.54 Å². The number of nitrogens with zero attached hydrogens (tertiary/aromatic N) is 4. The number of piperazine rings is 1. The molecule has 0 bridgehead atoms. The molecule has 3 aromatic rings. The van der Waals surface area contributed by atoms with Crippen molar-refractivity contribution >= 4 is 34.4 Å². The van der Waals surface area contributed by atoms with Crippen LogP contribution < -0.4 is 10.6 Å². The fourth-order valence-electron chi connectivity index (χ4n) is 5.54. The normalized spacial score (nSPS) is 21.2. The fraction of sp³-hybridized carbons (Fsp3) is 0.536. The van der Waals surface area contributed by atoms with Gasteiger partial charge in [0.25, 0.3) is 0 Å². The number of carbonyl (C=O) groups is 1. The molecule has 1 aliphatic carbocycles. The maximum Gasteiger partial charge on any atom is 0.234 e. The Morgan fingerprint density at radius 1 is 1.11 bits per heavy atom. The Labute approximate surface area is 224 Å². The van der Waals surface area contributed by atoms with Gasteiger partial charge in [0.1, 0.15) is 16.6 Å². The van der Waals surface area contributed by atoms with Gasteiger partial charge in [-0.1, -0.05) is 24.9 Å². The van der Waals surface area contributed by atoms with Gasteiger partial charge >= 0.3 is 0 Å². The highest BCUT2D eigenvalue weighted by atomic mass is 35.5. The zero-order chi connectivity index (χ0) is 25.6. The fourth-order valence-corrected chi connectivity index (χ4v) is 5.75. The lowest BCUT2D eigenvalue weighted by Gasteiger charge is -2.35. The molecule has 5 rings (SSSR count). The van der Waals surface area contributed by atoms with Gasteiger partial charge in [0.15, 0.2) is 0 Å². The number of nitrogens with one attached hydrogen (secondary N) is 3. The van der Waals surface area contributed by atoms with Crippen LogP contribution in [0, 0.1) is 0 Å². The van der Waals surface area contributed by atoms with Crippen LogP contribution >= 0.6 is 11.6 Å². The highest BCUT2D eigenvalue weighted by molar-refractivity contribution is 6.29. The molecular formula is C28H38ClN7O. The Morgan fingerprint density at radius 3 is 2.65 bits per heavy atom. The lowest BCUT2D eigenvalue weighted by molar-refractivity contribution is -0.123. The summed E-state index contributed by atoms with van der Waals surface area (Å²) in [6.07, 6.45) is 10.2. The molecule has 4 heterocycles. The number of hydrogen-bond donors (Lipinski definition) is 3. The molecule has 1 saturated heterocycles. The Bertz CT molecular complexity index is 1180. The van der Waals surface area contributed by atoms with E-state index < -0.39 is 0 Å². The predicted octanol–water partition coefficient (Wildman–Crippen LogP) is 4.54. The molecule has 9 heteroatoms. The number of fused-ring (bicyclic) bond motifs is 1. The first kappa shape index (κ1) is 25.9. The summed E-state index contributed by atoms with van der Waals surface area (Å²) in [6.45, 7) is 8.03. The van der Waals surface area contributed by atoms with Crippen molar-refractivity contribution < 1.29 is 4.79 Å². The van der Waals surface area contributed by atoms with Crippen molar-refractivity contribution in [2.45, 2.75) is 57.5 Å². The number of rotatable bonds is 9. The Kier molecular flexibility index (Phi) is 8.59. The van der Waals surface area contributed by atoms with Crippen molar-refractivity contribution in [1.29, 1.82) is 0 Å². The minimum Gasteiger partial charge on any atom is -0.367 e. The molecule has 0 spiro atoms. The molecule has 1 amide bonds. The maximum atomic E-state index is 12.7. The van der Waals surface area contributed by atoms with E-state index >= 15 is 0 Å². The largest absolute Gasteiger partial charge is 0.367 e.